The molecular weight excluding hydrogens is 545 g/mol. The molecule has 1 amide bonds. The van der Waals surface area contributed by atoms with E-state index < -0.39 is 12.7 Å². The highest BCUT2D eigenvalue weighted by atomic mass is 31.2. The van der Waals surface area contributed by atoms with E-state index in [1.807, 2.05) is 30.5 Å². The first kappa shape index (κ1) is 26.4. The van der Waals surface area contributed by atoms with Gasteiger partial charge < -0.3 is 20.2 Å². The predicted molar refractivity (Wildman–Crippen MR) is 165 cm³/mol. The van der Waals surface area contributed by atoms with Crippen molar-refractivity contribution in [3.05, 3.63) is 72.6 Å². The molecule has 9 nitrogen and oxygen atoms in total. The molecular formula is C32H30N7O2P. The van der Waals surface area contributed by atoms with E-state index in [4.69, 9.17) is 17.1 Å². The van der Waals surface area contributed by atoms with Crippen molar-refractivity contribution >= 4 is 46.1 Å². The molecule has 4 aromatic heterocycles. The molecule has 5 aromatic rings. The van der Waals surface area contributed by atoms with Crippen LogP contribution in [0.15, 0.2) is 61.2 Å². The number of anilines is 1. The number of rotatable bonds is 5. The minimum atomic E-state index is -2.45. The molecule has 4 heterocycles. The summed E-state index contributed by atoms with van der Waals surface area (Å²) in [4.78, 5) is 31.4. The molecule has 0 aliphatic heterocycles. The number of hydrogen-bond acceptors (Lipinski definition) is 7. The van der Waals surface area contributed by atoms with E-state index in [1.54, 1.807) is 31.7 Å². The smallest absolute Gasteiger partial charge is 0.270 e. The number of carbonyl (C=O) groups is 1. The topological polar surface area (TPSA) is 129 Å². The fourth-order valence-corrected chi connectivity index (χ4v) is 7.78. The lowest BCUT2D eigenvalue weighted by molar-refractivity contribution is 0.0896. The number of nitrogens with one attached hydrogen (secondary N) is 1. The number of aromatic nitrogens is 5. The molecule has 2 bridgehead atoms. The maximum atomic E-state index is 13.3. The zero-order chi connectivity index (χ0) is 29.3. The van der Waals surface area contributed by atoms with Crippen LogP contribution in [0.3, 0.4) is 0 Å². The van der Waals surface area contributed by atoms with Gasteiger partial charge >= 0.3 is 0 Å². The molecule has 0 radical (unpaired) electrons. The molecule has 10 heteroatoms. The molecule has 0 unspecified atom stereocenters. The van der Waals surface area contributed by atoms with Crippen LogP contribution in [0.4, 0.5) is 5.82 Å². The van der Waals surface area contributed by atoms with Gasteiger partial charge in [0.15, 0.2) is 0 Å². The quantitative estimate of drug-likeness (QED) is 0.230. The number of pyridine rings is 2. The van der Waals surface area contributed by atoms with E-state index in [1.165, 1.54) is 6.33 Å². The zero-order valence-electron chi connectivity index (χ0n) is 23.5. The first-order valence-corrected chi connectivity index (χ1v) is 16.5. The molecule has 42 heavy (non-hydrogen) atoms. The highest BCUT2D eigenvalue weighted by Gasteiger charge is 2.57. The van der Waals surface area contributed by atoms with Gasteiger partial charge in [0.05, 0.1) is 10.9 Å². The van der Waals surface area contributed by atoms with Crippen LogP contribution in [-0.4, -0.2) is 49.3 Å². The summed E-state index contributed by atoms with van der Waals surface area (Å²) in [6.07, 6.45) is 15.1. The highest BCUT2D eigenvalue weighted by Crippen LogP contribution is 2.57. The van der Waals surface area contributed by atoms with E-state index >= 15 is 0 Å². The Morgan fingerprint density at radius 3 is 2.55 bits per heavy atom. The number of hydrogen-bond donors (Lipinski definition) is 2. The Bertz CT molecular complexity index is 1990. The third-order valence-corrected chi connectivity index (χ3v) is 10.6. The molecule has 2 aliphatic carbocycles. The van der Waals surface area contributed by atoms with Crippen molar-refractivity contribution in [3.63, 3.8) is 0 Å². The lowest BCUT2D eigenvalue weighted by Crippen LogP contribution is -2.45. The van der Waals surface area contributed by atoms with Crippen molar-refractivity contribution in [2.45, 2.75) is 43.2 Å². The van der Waals surface area contributed by atoms with Gasteiger partial charge in [0, 0.05) is 45.3 Å². The molecule has 0 spiro atoms. The van der Waals surface area contributed by atoms with Crippen LogP contribution in [0.1, 0.15) is 48.3 Å². The van der Waals surface area contributed by atoms with Crippen LogP contribution in [0.2, 0.25) is 0 Å². The Hall–Kier alpha value is -4.54. The number of amides is 1. The van der Waals surface area contributed by atoms with Crippen LogP contribution in [-0.2, 0) is 10.1 Å². The van der Waals surface area contributed by atoms with E-state index in [0.29, 0.717) is 34.6 Å². The maximum absolute atomic E-state index is 13.3. The molecule has 2 fully saturated rings. The summed E-state index contributed by atoms with van der Waals surface area (Å²) in [7, 11) is -2.45. The minimum absolute atomic E-state index is 0.231. The standard InChI is InChI=1S/C32H30N7O2P/c1-4-25-26(21-15-20-7-5-6-8-23(20)34-16-21)27-28(33)36-19-37-29(27)39(25)32-13-11-31(18-32,12-14-32)38-30(40)24-10-9-22(17-35-24)42(2,3)41/h1,5-10,15-17,19H,11-14,18H2,2-3H3,(H,38,40)(H2,33,36,37). The van der Waals surface area contributed by atoms with E-state index in [2.05, 4.69) is 36.8 Å². The molecule has 2 aliphatic rings. The molecule has 1 aromatic carbocycles. The van der Waals surface area contributed by atoms with Gasteiger partial charge in [-0.25, -0.2) is 9.97 Å². The number of nitrogens with two attached hydrogens (primary N) is 1. The molecule has 210 valence electrons. The lowest BCUT2D eigenvalue weighted by atomic mass is 9.90. The number of para-hydroxylation sites is 1. The summed E-state index contributed by atoms with van der Waals surface area (Å²) in [6.45, 7) is 3.38. The number of nitrogen functional groups attached to an aromatic ring is 1. The predicted octanol–water partition coefficient (Wildman–Crippen LogP) is 4.69. The number of terminal acetylenes is 1. The van der Waals surface area contributed by atoms with Crippen molar-refractivity contribution in [2.75, 3.05) is 19.1 Å². The second-order valence-corrected chi connectivity index (χ2v) is 15.2. The first-order valence-electron chi connectivity index (χ1n) is 13.9. The second kappa shape index (κ2) is 9.23. The highest BCUT2D eigenvalue weighted by molar-refractivity contribution is 7.70. The summed E-state index contributed by atoms with van der Waals surface area (Å²) in [6, 6.07) is 13.4. The molecule has 2 saturated carbocycles. The monoisotopic (exact) mass is 575 g/mol. The van der Waals surface area contributed by atoms with Crippen molar-refractivity contribution in [2.24, 2.45) is 0 Å². The largest absolute Gasteiger partial charge is 0.383 e. The fourth-order valence-electron chi connectivity index (χ4n) is 7.02. The van der Waals surface area contributed by atoms with Crippen LogP contribution < -0.4 is 16.4 Å². The van der Waals surface area contributed by atoms with Crippen molar-refractivity contribution in [1.82, 2.24) is 29.8 Å². The lowest BCUT2D eigenvalue weighted by Gasteiger charge is -2.30. The van der Waals surface area contributed by atoms with Gasteiger partial charge in [-0.15, -0.1) is 6.42 Å². The van der Waals surface area contributed by atoms with Gasteiger partial charge in [0.2, 0.25) is 0 Å². The molecule has 0 saturated heterocycles. The van der Waals surface area contributed by atoms with Crippen LogP contribution in [0.5, 0.6) is 0 Å². The SMILES string of the molecule is C#Cc1c(-c2cnc3ccccc3c2)c2c(N)ncnc2n1C12CCC(NC(=O)c3ccc(P(C)(C)=O)cn3)(CC1)C2. The molecule has 7 rings (SSSR count). The van der Waals surface area contributed by atoms with E-state index in [0.717, 1.165) is 53.1 Å². The minimum Gasteiger partial charge on any atom is -0.383 e. The van der Waals surface area contributed by atoms with Crippen molar-refractivity contribution < 1.29 is 9.36 Å². The summed E-state index contributed by atoms with van der Waals surface area (Å²) in [5, 5.41) is 5.68. The molecule has 0 atom stereocenters. The van der Waals surface area contributed by atoms with Gasteiger partial charge in [0.25, 0.3) is 5.91 Å². The van der Waals surface area contributed by atoms with Gasteiger partial charge in [-0.05, 0) is 69.7 Å². The van der Waals surface area contributed by atoms with E-state index in [-0.39, 0.29) is 11.4 Å². The van der Waals surface area contributed by atoms with Crippen molar-refractivity contribution in [1.29, 1.82) is 0 Å². The maximum Gasteiger partial charge on any atom is 0.270 e. The average molecular weight is 576 g/mol. The Morgan fingerprint density at radius 2 is 1.83 bits per heavy atom. The summed E-state index contributed by atoms with van der Waals surface area (Å²) in [5.41, 5.74) is 10.0. The normalized spacial score (nSPS) is 21.5. The number of fused-ring (bicyclic) bond motifs is 4. The van der Waals surface area contributed by atoms with Gasteiger partial charge in [-0.1, -0.05) is 24.1 Å². The van der Waals surface area contributed by atoms with Gasteiger partial charge in [0.1, 0.15) is 36.3 Å². The average Bonchev–Trinajstić information content (AvgIpc) is 3.65. The van der Waals surface area contributed by atoms with E-state index in [9.17, 15) is 9.36 Å². The summed E-state index contributed by atoms with van der Waals surface area (Å²) < 4.78 is 14.6. The Morgan fingerprint density at radius 1 is 1.05 bits per heavy atom. The third kappa shape index (κ3) is 4.01. The van der Waals surface area contributed by atoms with Crippen LogP contribution in [0, 0.1) is 12.3 Å². The van der Waals surface area contributed by atoms with Crippen molar-refractivity contribution in [3.8, 4) is 23.5 Å². The Kier molecular flexibility index (Phi) is 5.80. The zero-order valence-corrected chi connectivity index (χ0v) is 24.4. The summed E-state index contributed by atoms with van der Waals surface area (Å²) in [5.74, 6) is 3.10. The molecule has 3 N–H and O–H groups in total. The first-order chi connectivity index (χ1) is 20.1. The van der Waals surface area contributed by atoms with Crippen LogP contribution in [0.25, 0.3) is 33.1 Å². The number of benzene rings is 1. The Balaban J connectivity index is 1.29. The third-order valence-electron chi connectivity index (χ3n) is 9.06. The fraction of sp³-hybridized carbons (Fsp3) is 0.281. The van der Waals surface area contributed by atoms with Crippen LogP contribution >= 0.6 is 7.14 Å². The second-order valence-electron chi connectivity index (χ2n) is 12.0. The van der Waals surface area contributed by atoms with Gasteiger partial charge in [-0.2, -0.15) is 0 Å². The van der Waals surface area contributed by atoms with Gasteiger partial charge in [-0.3, -0.25) is 14.8 Å². The number of carbonyl (C=O) groups excluding carboxylic acids is 1. The number of nitrogens with zero attached hydrogens (tertiary/aromatic N) is 5. The summed E-state index contributed by atoms with van der Waals surface area (Å²) >= 11 is 0. The Labute approximate surface area is 243 Å².